The predicted molar refractivity (Wildman–Crippen MR) is 119 cm³/mol. The Morgan fingerprint density at radius 2 is 1.75 bits per heavy atom. The van der Waals surface area contributed by atoms with Gasteiger partial charge in [-0.1, -0.05) is 19.1 Å². The Kier molecular flexibility index (Phi) is 5.95. The van der Waals surface area contributed by atoms with Crippen LogP contribution in [-0.4, -0.2) is 30.3 Å². The van der Waals surface area contributed by atoms with Crippen LogP contribution in [0.4, 0.5) is 14.6 Å². The molecule has 1 aliphatic rings. The summed E-state index contributed by atoms with van der Waals surface area (Å²) in [5.74, 6) is -0.0876. The quantitative estimate of drug-likeness (QED) is 0.585. The van der Waals surface area contributed by atoms with E-state index in [1.54, 1.807) is 24.3 Å². The van der Waals surface area contributed by atoms with Gasteiger partial charge >= 0.3 is 0 Å². The van der Waals surface area contributed by atoms with Crippen molar-refractivity contribution in [1.82, 2.24) is 4.98 Å². The summed E-state index contributed by atoms with van der Waals surface area (Å²) in [6.45, 7) is 3.80. The molecule has 0 aliphatic carbocycles. The van der Waals surface area contributed by atoms with Gasteiger partial charge in [0.05, 0.1) is 23.9 Å². The number of rotatable bonds is 4. The van der Waals surface area contributed by atoms with E-state index in [-0.39, 0.29) is 22.6 Å². The van der Waals surface area contributed by atoms with Gasteiger partial charge in [0.1, 0.15) is 23.5 Å². The third-order valence-electron chi connectivity index (χ3n) is 5.90. The highest BCUT2D eigenvalue weighted by molar-refractivity contribution is 5.87. The van der Waals surface area contributed by atoms with E-state index >= 15 is 0 Å². The SMILES string of the molecule is COc1ccc(-c2c(O)cc(N3CCC(C)CC3)nc2-c2ccc(C#N)c(F)c2)cc1F. The molecule has 5 nitrogen and oxygen atoms in total. The van der Waals surface area contributed by atoms with Crippen LogP contribution in [0.1, 0.15) is 25.3 Å². The molecule has 0 amide bonds. The summed E-state index contributed by atoms with van der Waals surface area (Å²) in [5, 5.41) is 20.1. The van der Waals surface area contributed by atoms with Crippen molar-refractivity contribution < 1.29 is 18.6 Å². The molecule has 4 rings (SSSR count). The lowest BCUT2D eigenvalue weighted by atomic mass is 9.96. The predicted octanol–water partition coefficient (Wildman–Crippen LogP) is 5.52. The summed E-state index contributed by atoms with van der Waals surface area (Å²) in [6, 6.07) is 11.9. The molecule has 2 heterocycles. The molecule has 0 bridgehead atoms. The van der Waals surface area contributed by atoms with Crippen LogP contribution in [0.25, 0.3) is 22.4 Å². The van der Waals surface area contributed by atoms with Crippen LogP contribution >= 0.6 is 0 Å². The van der Waals surface area contributed by atoms with Crippen molar-refractivity contribution in [1.29, 1.82) is 5.26 Å². The Bertz CT molecular complexity index is 1200. The molecule has 32 heavy (non-hydrogen) atoms. The molecule has 2 aromatic carbocycles. The molecule has 1 N–H and O–H groups in total. The fourth-order valence-corrected chi connectivity index (χ4v) is 3.99. The van der Waals surface area contributed by atoms with Crippen molar-refractivity contribution in [2.75, 3.05) is 25.1 Å². The molecule has 0 atom stereocenters. The smallest absolute Gasteiger partial charge is 0.165 e. The van der Waals surface area contributed by atoms with Crippen LogP contribution in [0.5, 0.6) is 11.5 Å². The number of piperidine rings is 1. The van der Waals surface area contributed by atoms with Gasteiger partial charge in [0.15, 0.2) is 11.6 Å². The van der Waals surface area contributed by atoms with Crippen molar-refractivity contribution in [3.05, 3.63) is 59.7 Å². The van der Waals surface area contributed by atoms with Crippen LogP contribution in [0.2, 0.25) is 0 Å². The third kappa shape index (κ3) is 4.09. The summed E-state index contributed by atoms with van der Waals surface area (Å²) in [4.78, 5) is 6.85. The van der Waals surface area contributed by atoms with Crippen LogP contribution < -0.4 is 9.64 Å². The van der Waals surface area contributed by atoms with E-state index in [0.717, 1.165) is 25.9 Å². The van der Waals surface area contributed by atoms with Crippen molar-refractivity contribution in [2.24, 2.45) is 5.92 Å². The maximum Gasteiger partial charge on any atom is 0.165 e. The molecule has 1 aromatic heterocycles. The van der Waals surface area contributed by atoms with E-state index < -0.39 is 11.6 Å². The van der Waals surface area contributed by atoms with E-state index in [2.05, 4.69) is 11.8 Å². The van der Waals surface area contributed by atoms with Crippen LogP contribution in [0.15, 0.2) is 42.5 Å². The molecule has 7 heteroatoms. The molecule has 1 fully saturated rings. The molecule has 0 radical (unpaired) electrons. The second-order valence-corrected chi connectivity index (χ2v) is 8.05. The van der Waals surface area contributed by atoms with Crippen LogP contribution in [0, 0.1) is 28.9 Å². The fourth-order valence-electron chi connectivity index (χ4n) is 3.99. The number of methoxy groups -OCH3 is 1. The maximum absolute atomic E-state index is 14.4. The number of ether oxygens (including phenoxy) is 1. The number of hydrogen-bond acceptors (Lipinski definition) is 5. The number of nitriles is 1. The largest absolute Gasteiger partial charge is 0.507 e. The Hall–Kier alpha value is -3.66. The number of aromatic hydroxyl groups is 1. The number of pyridine rings is 1. The standard InChI is InChI=1S/C25H23F2N3O2/c1-15-7-9-30(10-8-15)23-13-21(31)24(16-5-6-22(32-2)20(27)11-16)25(29-23)17-3-4-18(14-28)19(26)12-17/h3-6,11-13,15H,7-10H2,1-2H3,(H,29,31). The van der Waals surface area contributed by atoms with Gasteiger partial charge in [-0.2, -0.15) is 5.26 Å². The van der Waals surface area contributed by atoms with Gasteiger partial charge in [0.25, 0.3) is 0 Å². The van der Waals surface area contributed by atoms with E-state index in [1.807, 2.05) is 0 Å². The first-order valence-corrected chi connectivity index (χ1v) is 10.4. The van der Waals surface area contributed by atoms with Crippen molar-refractivity contribution in [2.45, 2.75) is 19.8 Å². The van der Waals surface area contributed by atoms with E-state index in [9.17, 15) is 13.9 Å². The van der Waals surface area contributed by atoms with Gasteiger partial charge in [0.2, 0.25) is 0 Å². The Morgan fingerprint density at radius 1 is 1.06 bits per heavy atom. The topological polar surface area (TPSA) is 69.4 Å². The summed E-state index contributed by atoms with van der Waals surface area (Å²) >= 11 is 0. The second kappa shape index (κ2) is 8.83. The van der Waals surface area contributed by atoms with E-state index in [1.165, 1.54) is 31.4 Å². The number of hydrogen-bond donors (Lipinski definition) is 1. The molecule has 3 aromatic rings. The molecule has 164 valence electrons. The van der Waals surface area contributed by atoms with Crippen molar-refractivity contribution in [3.63, 3.8) is 0 Å². The maximum atomic E-state index is 14.4. The fraction of sp³-hybridized carbons (Fsp3) is 0.280. The minimum atomic E-state index is -0.685. The van der Waals surface area contributed by atoms with Gasteiger partial charge in [-0.05, 0) is 48.6 Å². The monoisotopic (exact) mass is 435 g/mol. The van der Waals surface area contributed by atoms with E-state index in [4.69, 9.17) is 15.0 Å². The lowest BCUT2D eigenvalue weighted by Crippen LogP contribution is -2.33. The van der Waals surface area contributed by atoms with Crippen LogP contribution in [-0.2, 0) is 0 Å². The summed E-state index contributed by atoms with van der Waals surface area (Å²) in [6.07, 6.45) is 2.02. The summed E-state index contributed by atoms with van der Waals surface area (Å²) < 4.78 is 33.9. The zero-order valence-electron chi connectivity index (χ0n) is 17.9. The molecule has 0 spiro atoms. The highest BCUT2D eigenvalue weighted by Crippen LogP contribution is 2.41. The summed E-state index contributed by atoms with van der Waals surface area (Å²) in [5.41, 5.74) is 1.27. The Labute approximate surface area is 185 Å². The Morgan fingerprint density at radius 3 is 2.38 bits per heavy atom. The van der Waals surface area contributed by atoms with Gasteiger partial charge < -0.3 is 14.7 Å². The average molecular weight is 435 g/mol. The number of benzene rings is 2. The molecule has 0 saturated carbocycles. The van der Waals surface area contributed by atoms with Gasteiger partial charge in [-0.3, -0.25) is 0 Å². The van der Waals surface area contributed by atoms with Crippen molar-refractivity contribution in [3.8, 4) is 40.0 Å². The number of anilines is 1. The number of halogens is 2. The van der Waals surface area contributed by atoms with Gasteiger partial charge in [0, 0.05) is 24.7 Å². The first-order valence-electron chi connectivity index (χ1n) is 10.4. The molecule has 0 unspecified atom stereocenters. The highest BCUT2D eigenvalue weighted by Gasteiger charge is 2.23. The summed E-state index contributed by atoms with van der Waals surface area (Å²) in [7, 11) is 1.37. The minimum absolute atomic E-state index is 0.0752. The first-order chi connectivity index (χ1) is 15.4. The average Bonchev–Trinajstić information content (AvgIpc) is 2.79. The highest BCUT2D eigenvalue weighted by atomic mass is 19.1. The molecule has 1 aliphatic heterocycles. The first kappa shape index (κ1) is 21.6. The third-order valence-corrected chi connectivity index (χ3v) is 5.90. The number of nitrogens with zero attached hydrogens (tertiary/aromatic N) is 3. The van der Waals surface area contributed by atoms with Crippen LogP contribution in [0.3, 0.4) is 0 Å². The lowest BCUT2D eigenvalue weighted by molar-refractivity contribution is 0.386. The normalized spacial score (nSPS) is 14.3. The van der Waals surface area contributed by atoms with Crippen molar-refractivity contribution >= 4 is 5.82 Å². The van der Waals surface area contributed by atoms with Gasteiger partial charge in [-0.15, -0.1) is 0 Å². The molecule has 1 saturated heterocycles. The van der Waals surface area contributed by atoms with E-state index in [0.29, 0.717) is 28.6 Å². The minimum Gasteiger partial charge on any atom is -0.507 e. The second-order valence-electron chi connectivity index (χ2n) is 8.05. The Balaban J connectivity index is 1.89. The molecular formula is C25H23F2N3O2. The zero-order valence-corrected chi connectivity index (χ0v) is 17.9. The zero-order chi connectivity index (χ0) is 22.8. The number of aromatic nitrogens is 1. The van der Waals surface area contributed by atoms with Gasteiger partial charge in [-0.25, -0.2) is 13.8 Å². The lowest BCUT2D eigenvalue weighted by Gasteiger charge is -2.32. The molecular weight excluding hydrogens is 412 g/mol.